The van der Waals surface area contributed by atoms with Crippen molar-refractivity contribution in [3.05, 3.63) is 72.1 Å². The third-order valence-corrected chi connectivity index (χ3v) is 5.34. The molecule has 0 spiro atoms. The van der Waals surface area contributed by atoms with Crippen LogP contribution >= 0.6 is 0 Å². The first-order chi connectivity index (χ1) is 14.8. The number of carbonyl (C=O) groups excluding carboxylic acids is 1. The Balaban J connectivity index is 1.54. The summed E-state index contributed by atoms with van der Waals surface area (Å²) >= 11 is 0. The van der Waals surface area contributed by atoms with Crippen LogP contribution in [0.25, 0.3) is 17.1 Å². The quantitative estimate of drug-likeness (QED) is 0.308. The van der Waals surface area contributed by atoms with E-state index in [2.05, 4.69) is 35.0 Å². The summed E-state index contributed by atoms with van der Waals surface area (Å²) in [7, 11) is 0. The maximum Gasteiger partial charge on any atom is 0.244 e. The van der Waals surface area contributed by atoms with Crippen molar-refractivity contribution in [3.8, 4) is 0 Å². The van der Waals surface area contributed by atoms with Crippen LogP contribution in [-0.4, -0.2) is 22.0 Å². The number of para-hydroxylation sites is 2. The maximum atomic E-state index is 12.1. The van der Waals surface area contributed by atoms with Crippen molar-refractivity contribution in [2.24, 2.45) is 0 Å². The second kappa shape index (κ2) is 12.0. The van der Waals surface area contributed by atoms with Crippen molar-refractivity contribution in [1.82, 2.24) is 14.9 Å². The lowest BCUT2D eigenvalue weighted by Crippen LogP contribution is -2.24. The predicted octanol–water partition coefficient (Wildman–Crippen LogP) is 5.77. The Hall–Kier alpha value is -2.88. The van der Waals surface area contributed by atoms with Gasteiger partial charge in [-0.05, 0) is 30.2 Å². The maximum absolute atomic E-state index is 12.1. The molecule has 1 heterocycles. The molecule has 3 aromatic rings. The second-order valence-corrected chi connectivity index (χ2v) is 7.72. The Morgan fingerprint density at radius 1 is 0.967 bits per heavy atom. The molecule has 0 saturated carbocycles. The molecule has 0 aliphatic rings. The van der Waals surface area contributed by atoms with E-state index in [0.29, 0.717) is 6.54 Å². The zero-order valence-corrected chi connectivity index (χ0v) is 18.0. The van der Waals surface area contributed by atoms with Gasteiger partial charge in [0, 0.05) is 25.6 Å². The number of nitrogens with one attached hydrogen (secondary N) is 1. The van der Waals surface area contributed by atoms with Crippen LogP contribution in [0.2, 0.25) is 0 Å². The largest absolute Gasteiger partial charge is 0.352 e. The minimum Gasteiger partial charge on any atom is -0.352 e. The number of hydrogen-bond acceptors (Lipinski definition) is 2. The summed E-state index contributed by atoms with van der Waals surface area (Å²) in [5.41, 5.74) is 3.25. The zero-order chi connectivity index (χ0) is 21.0. The van der Waals surface area contributed by atoms with Gasteiger partial charge in [-0.25, -0.2) is 4.98 Å². The fourth-order valence-corrected chi connectivity index (χ4v) is 3.71. The zero-order valence-electron chi connectivity index (χ0n) is 18.0. The number of aryl methyl sites for hydroxylation is 1. The normalized spacial score (nSPS) is 11.4. The van der Waals surface area contributed by atoms with Gasteiger partial charge in [-0.15, -0.1) is 0 Å². The van der Waals surface area contributed by atoms with Crippen LogP contribution in [0, 0.1) is 0 Å². The molecule has 4 nitrogen and oxygen atoms in total. The molecule has 0 aliphatic heterocycles. The smallest absolute Gasteiger partial charge is 0.244 e. The van der Waals surface area contributed by atoms with Crippen LogP contribution in [0.5, 0.6) is 0 Å². The molecule has 0 saturated heterocycles. The lowest BCUT2D eigenvalue weighted by molar-refractivity contribution is -0.116. The number of rotatable bonds is 12. The molecule has 0 unspecified atom stereocenters. The summed E-state index contributed by atoms with van der Waals surface area (Å²) in [5.74, 6) is 0.981. The average molecular weight is 404 g/mol. The van der Waals surface area contributed by atoms with Gasteiger partial charge in [0.15, 0.2) is 0 Å². The molecule has 4 heteroatoms. The Morgan fingerprint density at radius 3 is 2.53 bits per heavy atom. The first-order valence-corrected chi connectivity index (χ1v) is 11.2. The summed E-state index contributed by atoms with van der Waals surface area (Å²) in [6, 6.07) is 18.2. The molecule has 30 heavy (non-hydrogen) atoms. The van der Waals surface area contributed by atoms with Gasteiger partial charge in [-0.3, -0.25) is 4.79 Å². The lowest BCUT2D eigenvalue weighted by atomic mass is 10.1. The van der Waals surface area contributed by atoms with E-state index in [-0.39, 0.29) is 5.91 Å². The van der Waals surface area contributed by atoms with E-state index in [4.69, 9.17) is 4.98 Å². The van der Waals surface area contributed by atoms with Gasteiger partial charge < -0.3 is 9.88 Å². The van der Waals surface area contributed by atoms with Crippen molar-refractivity contribution in [2.45, 2.75) is 58.4 Å². The van der Waals surface area contributed by atoms with Gasteiger partial charge in [0.05, 0.1) is 11.0 Å². The standard InChI is InChI=1S/C26H33N3O/c1-2-3-4-5-6-12-21-29-24-16-11-10-15-23(24)28-25(29)19-20-27-26(30)18-17-22-13-8-7-9-14-22/h7-11,13-18H,2-6,12,19-21H2,1H3,(H,27,30)/b18-17+. The summed E-state index contributed by atoms with van der Waals surface area (Å²) in [6.07, 6.45) is 11.8. The highest BCUT2D eigenvalue weighted by molar-refractivity contribution is 5.91. The minimum absolute atomic E-state index is 0.0718. The van der Waals surface area contributed by atoms with Gasteiger partial charge in [-0.1, -0.05) is 81.5 Å². The van der Waals surface area contributed by atoms with Crippen LogP contribution < -0.4 is 5.32 Å². The van der Waals surface area contributed by atoms with Gasteiger partial charge >= 0.3 is 0 Å². The van der Waals surface area contributed by atoms with Crippen molar-refractivity contribution in [1.29, 1.82) is 0 Å². The molecule has 1 aromatic heterocycles. The molecule has 0 bridgehead atoms. The number of benzene rings is 2. The molecule has 0 fully saturated rings. The Labute approximate surface area is 180 Å². The van der Waals surface area contributed by atoms with Crippen molar-refractivity contribution >= 4 is 23.0 Å². The summed E-state index contributed by atoms with van der Waals surface area (Å²) in [4.78, 5) is 17.0. The molecule has 1 N–H and O–H groups in total. The highest BCUT2D eigenvalue weighted by Crippen LogP contribution is 2.18. The first-order valence-electron chi connectivity index (χ1n) is 11.2. The average Bonchev–Trinajstić information content (AvgIpc) is 3.13. The Morgan fingerprint density at radius 2 is 1.70 bits per heavy atom. The Kier molecular flexibility index (Phi) is 8.70. The SMILES string of the molecule is CCCCCCCCn1c(CCNC(=O)/C=C/c2ccccc2)nc2ccccc21. The molecule has 0 aliphatic carbocycles. The molecule has 0 radical (unpaired) electrons. The summed E-state index contributed by atoms with van der Waals surface area (Å²) in [6.45, 7) is 3.82. The number of carbonyl (C=O) groups is 1. The topological polar surface area (TPSA) is 46.9 Å². The van der Waals surface area contributed by atoms with Crippen LogP contribution in [-0.2, 0) is 17.8 Å². The van der Waals surface area contributed by atoms with Crippen molar-refractivity contribution in [3.63, 3.8) is 0 Å². The third-order valence-electron chi connectivity index (χ3n) is 5.34. The molecule has 0 atom stereocenters. The second-order valence-electron chi connectivity index (χ2n) is 7.72. The van der Waals surface area contributed by atoms with Crippen LogP contribution in [0.3, 0.4) is 0 Å². The van der Waals surface area contributed by atoms with E-state index < -0.39 is 0 Å². The summed E-state index contributed by atoms with van der Waals surface area (Å²) < 4.78 is 2.33. The number of unbranched alkanes of at least 4 members (excludes halogenated alkanes) is 5. The van der Waals surface area contributed by atoms with Gasteiger partial charge in [0.2, 0.25) is 5.91 Å². The molecule has 158 valence electrons. The minimum atomic E-state index is -0.0718. The first kappa shape index (κ1) is 21.8. The van der Waals surface area contributed by atoms with Gasteiger partial charge in [-0.2, -0.15) is 0 Å². The Bertz CT molecular complexity index is 943. The van der Waals surface area contributed by atoms with Crippen LogP contribution in [0.15, 0.2) is 60.7 Å². The van der Waals surface area contributed by atoms with Gasteiger partial charge in [0.1, 0.15) is 5.82 Å². The number of amides is 1. The predicted molar refractivity (Wildman–Crippen MR) is 125 cm³/mol. The molecular weight excluding hydrogens is 370 g/mol. The van der Waals surface area contributed by atoms with E-state index in [9.17, 15) is 4.79 Å². The monoisotopic (exact) mass is 403 g/mol. The lowest BCUT2D eigenvalue weighted by Gasteiger charge is -2.10. The number of imidazole rings is 1. The molecule has 3 rings (SSSR count). The molecule has 1 amide bonds. The highest BCUT2D eigenvalue weighted by Gasteiger charge is 2.10. The molecular formula is C26H33N3O. The fraction of sp³-hybridized carbons (Fsp3) is 0.385. The van der Waals surface area contributed by atoms with E-state index >= 15 is 0 Å². The third kappa shape index (κ3) is 6.58. The number of fused-ring (bicyclic) bond motifs is 1. The van der Waals surface area contributed by atoms with E-state index in [1.54, 1.807) is 6.08 Å². The van der Waals surface area contributed by atoms with Crippen molar-refractivity contribution in [2.75, 3.05) is 6.54 Å². The van der Waals surface area contributed by atoms with Crippen LogP contribution in [0.4, 0.5) is 0 Å². The summed E-state index contributed by atoms with van der Waals surface area (Å²) in [5, 5.41) is 2.98. The highest BCUT2D eigenvalue weighted by atomic mass is 16.1. The van der Waals surface area contributed by atoms with Crippen LogP contribution in [0.1, 0.15) is 56.8 Å². The number of nitrogens with zero attached hydrogens (tertiary/aromatic N) is 2. The van der Waals surface area contributed by atoms with E-state index in [1.165, 1.54) is 44.0 Å². The van der Waals surface area contributed by atoms with E-state index in [1.807, 2.05) is 42.5 Å². The number of hydrogen-bond donors (Lipinski definition) is 1. The fourth-order valence-electron chi connectivity index (χ4n) is 3.71. The molecule has 2 aromatic carbocycles. The number of aromatic nitrogens is 2. The van der Waals surface area contributed by atoms with E-state index in [0.717, 1.165) is 29.9 Å². The van der Waals surface area contributed by atoms with Gasteiger partial charge in [0.25, 0.3) is 0 Å². The van der Waals surface area contributed by atoms with Crippen molar-refractivity contribution < 1.29 is 4.79 Å².